The molecule has 0 heterocycles. The van der Waals surface area contributed by atoms with Crippen molar-refractivity contribution in [2.24, 2.45) is 0 Å². The van der Waals surface area contributed by atoms with Crippen molar-refractivity contribution in [1.82, 2.24) is 0 Å². The maximum atomic E-state index is 10.9. The Kier molecular flexibility index (Phi) is 6.03. The smallest absolute Gasteiger partial charge is 0.119 e. The highest BCUT2D eigenvalue weighted by molar-refractivity contribution is 6.98. The average Bonchev–Trinajstić information content (AvgIpc) is 2.18. The molecule has 1 unspecified atom stereocenters. The van der Waals surface area contributed by atoms with E-state index in [4.69, 9.17) is 0 Å². The quantitative estimate of drug-likeness (QED) is 0.481. The van der Waals surface area contributed by atoms with E-state index in [1.807, 2.05) is 0 Å². The molecule has 1 atom stereocenters. The lowest BCUT2D eigenvalue weighted by Gasteiger charge is -2.43. The first-order valence-electron chi connectivity index (χ1n) is 6.31. The van der Waals surface area contributed by atoms with Gasteiger partial charge in [-0.2, -0.15) is 0 Å². The number of hydrogen-bond donors (Lipinski definition) is 0. The molecule has 0 amide bonds. The molecule has 0 fully saturated rings. The third-order valence-electron chi connectivity index (χ3n) is 4.23. The van der Waals surface area contributed by atoms with Crippen LogP contribution >= 0.6 is 0 Å². The number of carbonyl (C=O) groups is 1. The summed E-state index contributed by atoms with van der Waals surface area (Å²) in [5.41, 5.74) is 0. The fourth-order valence-electron chi connectivity index (χ4n) is 3.11. The summed E-state index contributed by atoms with van der Waals surface area (Å²) in [5.74, 6) is 0. The topological polar surface area (TPSA) is 17.1 Å². The molecular formula is C12H28OSi2. The van der Waals surface area contributed by atoms with Gasteiger partial charge in [-0.1, -0.05) is 58.5 Å². The molecule has 0 aliphatic carbocycles. The van der Waals surface area contributed by atoms with Gasteiger partial charge in [0.15, 0.2) is 0 Å². The monoisotopic (exact) mass is 244 g/mol. The molecule has 0 spiro atoms. The van der Waals surface area contributed by atoms with Gasteiger partial charge in [0.2, 0.25) is 0 Å². The van der Waals surface area contributed by atoms with E-state index in [1.54, 1.807) is 0 Å². The first-order valence-corrected chi connectivity index (χ1v) is 12.6. The van der Waals surface area contributed by atoms with Gasteiger partial charge in [0.1, 0.15) is 6.29 Å². The average molecular weight is 245 g/mol. The molecular weight excluding hydrogens is 216 g/mol. The molecule has 15 heavy (non-hydrogen) atoms. The molecule has 0 saturated heterocycles. The standard InChI is InChI=1S/C12H28OSi2/c1-7-15(8-2,9-3)12(10-11-13)14(4,5)6/h11-12H,7-10H2,1-6H3. The fraction of sp³-hybridized carbons (Fsp3) is 0.917. The van der Waals surface area contributed by atoms with Gasteiger partial charge < -0.3 is 4.79 Å². The highest BCUT2D eigenvalue weighted by Gasteiger charge is 2.43. The van der Waals surface area contributed by atoms with Crippen molar-refractivity contribution >= 4 is 22.4 Å². The first-order chi connectivity index (χ1) is 6.87. The Morgan fingerprint density at radius 2 is 1.40 bits per heavy atom. The summed E-state index contributed by atoms with van der Waals surface area (Å²) in [6.45, 7) is 14.3. The van der Waals surface area contributed by atoms with Crippen LogP contribution in [0.1, 0.15) is 27.2 Å². The van der Waals surface area contributed by atoms with Crippen LogP contribution in [0.15, 0.2) is 0 Å². The van der Waals surface area contributed by atoms with Gasteiger partial charge in [-0.15, -0.1) is 0 Å². The van der Waals surface area contributed by atoms with E-state index in [1.165, 1.54) is 24.4 Å². The van der Waals surface area contributed by atoms with Crippen molar-refractivity contribution in [3.05, 3.63) is 0 Å². The van der Waals surface area contributed by atoms with E-state index in [9.17, 15) is 4.79 Å². The van der Waals surface area contributed by atoms with Crippen LogP contribution in [0.2, 0.25) is 42.9 Å². The Morgan fingerprint density at radius 1 is 1.00 bits per heavy atom. The molecule has 0 aliphatic heterocycles. The molecule has 0 bridgehead atoms. The molecule has 0 radical (unpaired) electrons. The zero-order valence-corrected chi connectivity index (χ0v) is 13.4. The highest BCUT2D eigenvalue weighted by Crippen LogP contribution is 2.41. The predicted molar refractivity (Wildman–Crippen MR) is 75.0 cm³/mol. The number of aldehydes is 1. The fourth-order valence-corrected chi connectivity index (χ4v) is 16.7. The summed E-state index contributed by atoms with van der Waals surface area (Å²) in [5, 5.41) is 0.780. The van der Waals surface area contributed by atoms with Crippen molar-refractivity contribution in [3.63, 3.8) is 0 Å². The van der Waals surface area contributed by atoms with Gasteiger partial charge in [-0.25, -0.2) is 0 Å². The number of carbonyl (C=O) groups excluding carboxylic acids is 1. The van der Waals surface area contributed by atoms with Gasteiger partial charge in [0, 0.05) is 14.5 Å². The Bertz CT molecular complexity index is 184. The van der Waals surface area contributed by atoms with E-state index in [-0.39, 0.29) is 0 Å². The minimum absolute atomic E-state index is 0.780. The molecule has 0 saturated carbocycles. The normalized spacial score (nSPS) is 15.1. The van der Waals surface area contributed by atoms with E-state index in [0.29, 0.717) is 0 Å². The second-order valence-corrected chi connectivity index (χ2v) is 17.3. The third kappa shape index (κ3) is 3.56. The summed E-state index contributed by atoms with van der Waals surface area (Å²) < 4.78 is 0. The minimum atomic E-state index is -1.18. The zero-order valence-electron chi connectivity index (χ0n) is 11.4. The van der Waals surface area contributed by atoms with E-state index in [2.05, 4.69) is 40.4 Å². The van der Waals surface area contributed by atoms with Crippen LogP contribution in [-0.2, 0) is 4.79 Å². The molecule has 0 N–H and O–H groups in total. The Balaban J connectivity index is 5.08. The molecule has 3 heteroatoms. The van der Waals surface area contributed by atoms with Crippen molar-refractivity contribution in [3.8, 4) is 0 Å². The summed E-state index contributed by atoms with van der Waals surface area (Å²) in [6, 6.07) is 4.05. The molecule has 1 nitrogen and oxygen atoms in total. The Hall–Kier alpha value is 0.104. The lowest BCUT2D eigenvalue weighted by Crippen LogP contribution is -2.49. The van der Waals surface area contributed by atoms with Crippen LogP contribution in [0.3, 0.4) is 0 Å². The molecule has 0 aliphatic rings. The number of rotatable bonds is 7. The van der Waals surface area contributed by atoms with Crippen molar-refractivity contribution in [2.75, 3.05) is 0 Å². The van der Waals surface area contributed by atoms with Crippen molar-refractivity contribution < 1.29 is 4.79 Å². The lowest BCUT2D eigenvalue weighted by atomic mass is 10.5. The zero-order chi connectivity index (χ0) is 12.1. The predicted octanol–water partition coefficient (Wildman–Crippen LogP) is 4.33. The summed E-state index contributed by atoms with van der Waals surface area (Å²) in [7, 11) is -2.35. The maximum Gasteiger partial charge on any atom is 0.119 e. The van der Waals surface area contributed by atoms with Gasteiger partial charge in [0.25, 0.3) is 0 Å². The maximum absolute atomic E-state index is 10.9. The summed E-state index contributed by atoms with van der Waals surface area (Å²) in [6.07, 6.45) is 2.00. The minimum Gasteiger partial charge on any atom is -0.303 e. The van der Waals surface area contributed by atoms with Gasteiger partial charge in [-0.3, -0.25) is 0 Å². The first kappa shape index (κ1) is 15.1. The molecule has 0 aromatic carbocycles. The van der Waals surface area contributed by atoms with Crippen LogP contribution in [-0.4, -0.2) is 22.4 Å². The molecule has 0 rings (SSSR count). The van der Waals surface area contributed by atoms with E-state index in [0.717, 1.165) is 11.6 Å². The SMILES string of the molecule is CC[Si](CC)(CC)C(CC=O)[Si](C)(C)C. The van der Waals surface area contributed by atoms with Crippen LogP contribution in [0, 0.1) is 0 Å². The second-order valence-electron chi connectivity index (χ2n) is 5.74. The Labute approximate surface area is 97.7 Å². The largest absolute Gasteiger partial charge is 0.303 e. The Morgan fingerprint density at radius 3 is 1.60 bits per heavy atom. The molecule has 0 aromatic rings. The van der Waals surface area contributed by atoms with Crippen LogP contribution in [0.4, 0.5) is 0 Å². The van der Waals surface area contributed by atoms with Crippen LogP contribution < -0.4 is 0 Å². The molecule has 90 valence electrons. The van der Waals surface area contributed by atoms with Crippen LogP contribution in [0.5, 0.6) is 0 Å². The van der Waals surface area contributed by atoms with Gasteiger partial charge in [0.05, 0.1) is 8.07 Å². The second kappa shape index (κ2) is 5.99. The van der Waals surface area contributed by atoms with E-state index < -0.39 is 16.1 Å². The third-order valence-corrected chi connectivity index (χ3v) is 16.9. The van der Waals surface area contributed by atoms with Crippen molar-refractivity contribution in [1.29, 1.82) is 0 Å². The highest BCUT2D eigenvalue weighted by atomic mass is 28.4. The molecule has 0 aromatic heterocycles. The summed E-state index contributed by atoms with van der Waals surface area (Å²) >= 11 is 0. The van der Waals surface area contributed by atoms with E-state index >= 15 is 0 Å². The number of hydrogen-bond acceptors (Lipinski definition) is 1. The van der Waals surface area contributed by atoms with Gasteiger partial charge >= 0.3 is 0 Å². The van der Waals surface area contributed by atoms with Gasteiger partial charge in [-0.05, 0) is 5.16 Å². The summed E-state index contributed by atoms with van der Waals surface area (Å²) in [4.78, 5) is 10.9. The lowest BCUT2D eigenvalue weighted by molar-refractivity contribution is -0.107. The van der Waals surface area contributed by atoms with Crippen LogP contribution in [0.25, 0.3) is 0 Å². The van der Waals surface area contributed by atoms with Crippen molar-refractivity contribution in [2.45, 2.75) is 70.1 Å².